The maximum Gasteiger partial charge on any atom is 0.326 e. The second-order valence-electron chi connectivity index (χ2n) is 10.9. The van der Waals surface area contributed by atoms with Gasteiger partial charge in [0.1, 0.15) is 18.1 Å². The zero-order valence-electron chi connectivity index (χ0n) is 24.2. The molecule has 12 heteroatoms. The molecule has 0 spiro atoms. The Balaban J connectivity index is 2.14. The fourth-order valence-electron chi connectivity index (χ4n) is 4.67. The van der Waals surface area contributed by atoms with Crippen LogP contribution in [0.2, 0.25) is 0 Å². The number of amides is 3. The number of rotatable bonds is 19. The van der Waals surface area contributed by atoms with Crippen molar-refractivity contribution in [2.24, 2.45) is 23.1 Å². The summed E-state index contributed by atoms with van der Waals surface area (Å²) in [7, 11) is 0. The van der Waals surface area contributed by atoms with E-state index in [-0.39, 0.29) is 25.2 Å². The first-order valence-electron chi connectivity index (χ1n) is 14.4. The number of nitrogens with one attached hydrogen (secondary N) is 4. The Hall–Kier alpha value is -3.48. The Morgan fingerprint density at radius 3 is 1.90 bits per heavy atom. The second kappa shape index (κ2) is 17.4. The fourth-order valence-corrected chi connectivity index (χ4v) is 4.67. The van der Waals surface area contributed by atoms with Gasteiger partial charge in [-0.25, -0.2) is 4.79 Å². The zero-order chi connectivity index (χ0) is 30.4. The van der Waals surface area contributed by atoms with Gasteiger partial charge in [-0.3, -0.25) is 14.4 Å². The third kappa shape index (κ3) is 11.1. The molecule has 2 aromatic rings. The van der Waals surface area contributed by atoms with E-state index in [1.807, 2.05) is 44.3 Å². The number of aromatic amines is 1. The highest BCUT2D eigenvalue weighted by molar-refractivity contribution is 5.94. The lowest BCUT2D eigenvalue weighted by Gasteiger charge is -2.25. The Morgan fingerprint density at radius 1 is 0.829 bits per heavy atom. The van der Waals surface area contributed by atoms with Gasteiger partial charge in [0.05, 0.1) is 6.04 Å². The van der Waals surface area contributed by atoms with E-state index in [0.717, 1.165) is 16.5 Å². The van der Waals surface area contributed by atoms with Crippen molar-refractivity contribution in [2.75, 3.05) is 13.1 Å². The molecule has 0 aliphatic rings. The molecular formula is C29H47N7O5. The summed E-state index contributed by atoms with van der Waals surface area (Å²) < 4.78 is 0. The number of aromatic nitrogens is 1. The highest BCUT2D eigenvalue weighted by Crippen LogP contribution is 2.19. The Bertz CT molecular complexity index is 1140. The largest absolute Gasteiger partial charge is 0.480 e. The van der Waals surface area contributed by atoms with Gasteiger partial charge in [-0.2, -0.15) is 0 Å². The third-order valence-electron chi connectivity index (χ3n) is 6.93. The van der Waals surface area contributed by atoms with Crippen LogP contribution < -0.4 is 33.2 Å². The fraction of sp³-hybridized carbons (Fsp3) is 0.586. The van der Waals surface area contributed by atoms with Crippen LogP contribution in [0.3, 0.4) is 0 Å². The van der Waals surface area contributed by atoms with Crippen LogP contribution in [0, 0.1) is 5.92 Å². The van der Waals surface area contributed by atoms with Crippen molar-refractivity contribution in [3.8, 4) is 0 Å². The smallest absolute Gasteiger partial charge is 0.326 e. The minimum atomic E-state index is -1.14. The van der Waals surface area contributed by atoms with Crippen LogP contribution in [0.15, 0.2) is 30.5 Å². The Kier molecular flexibility index (Phi) is 14.3. The summed E-state index contributed by atoms with van der Waals surface area (Å²) in [6.45, 7) is 4.57. The first-order valence-corrected chi connectivity index (χ1v) is 14.4. The van der Waals surface area contributed by atoms with Gasteiger partial charge in [0.25, 0.3) is 0 Å². The van der Waals surface area contributed by atoms with Crippen LogP contribution in [0.4, 0.5) is 0 Å². The Morgan fingerprint density at radius 2 is 1.37 bits per heavy atom. The molecule has 1 aromatic carbocycles. The SMILES string of the molecule is CC(C)CC(NC(=O)C(CCCCN)NC(=O)C(CCCCN)NC(=O)C(N)Cc1c[nH]c2ccccc12)C(=O)O. The van der Waals surface area contributed by atoms with Crippen molar-refractivity contribution >= 4 is 34.6 Å². The van der Waals surface area contributed by atoms with Crippen molar-refractivity contribution < 1.29 is 24.3 Å². The van der Waals surface area contributed by atoms with Crippen LogP contribution in [0.5, 0.6) is 0 Å². The molecule has 4 unspecified atom stereocenters. The van der Waals surface area contributed by atoms with Crippen molar-refractivity contribution in [3.63, 3.8) is 0 Å². The van der Waals surface area contributed by atoms with E-state index in [0.29, 0.717) is 45.2 Å². The van der Waals surface area contributed by atoms with Crippen molar-refractivity contribution in [2.45, 2.75) is 89.4 Å². The van der Waals surface area contributed by atoms with Crippen LogP contribution in [0.1, 0.15) is 64.4 Å². The van der Waals surface area contributed by atoms with E-state index < -0.39 is 47.9 Å². The Labute approximate surface area is 241 Å². The highest BCUT2D eigenvalue weighted by atomic mass is 16.4. The molecule has 3 amide bonds. The molecule has 0 radical (unpaired) electrons. The van der Waals surface area contributed by atoms with Crippen molar-refractivity contribution in [3.05, 3.63) is 36.0 Å². The topological polar surface area (TPSA) is 218 Å². The number of nitrogens with two attached hydrogens (primary N) is 3. The van der Waals surface area contributed by atoms with Crippen LogP contribution in [-0.2, 0) is 25.6 Å². The molecule has 0 aliphatic heterocycles. The molecule has 0 bridgehead atoms. The number of hydrogen-bond acceptors (Lipinski definition) is 7. The summed E-state index contributed by atoms with van der Waals surface area (Å²) in [5.74, 6) is -2.73. The highest BCUT2D eigenvalue weighted by Gasteiger charge is 2.30. The average molecular weight is 574 g/mol. The molecule has 41 heavy (non-hydrogen) atoms. The number of para-hydroxylation sites is 1. The number of carboxylic acids is 1. The summed E-state index contributed by atoms with van der Waals surface area (Å²) in [4.78, 5) is 54.5. The summed E-state index contributed by atoms with van der Waals surface area (Å²) in [5.41, 5.74) is 19.3. The van der Waals surface area contributed by atoms with Gasteiger partial charge < -0.3 is 43.2 Å². The molecule has 228 valence electrons. The number of benzene rings is 1. The van der Waals surface area contributed by atoms with Gasteiger partial charge in [-0.05, 0) is 82.0 Å². The number of aliphatic carboxylic acids is 1. The van der Waals surface area contributed by atoms with Gasteiger partial charge in [0, 0.05) is 17.1 Å². The van der Waals surface area contributed by atoms with E-state index in [1.54, 1.807) is 0 Å². The lowest BCUT2D eigenvalue weighted by molar-refractivity contribution is -0.142. The maximum absolute atomic E-state index is 13.4. The quantitative estimate of drug-likeness (QED) is 0.112. The van der Waals surface area contributed by atoms with Crippen molar-refractivity contribution in [1.82, 2.24) is 20.9 Å². The minimum absolute atomic E-state index is 0.0392. The lowest BCUT2D eigenvalue weighted by Crippen LogP contribution is -2.57. The molecular weight excluding hydrogens is 526 g/mol. The summed E-state index contributed by atoms with van der Waals surface area (Å²) >= 11 is 0. The molecule has 0 fully saturated rings. The van der Waals surface area contributed by atoms with Gasteiger partial charge in [0.15, 0.2) is 0 Å². The number of fused-ring (bicyclic) bond motifs is 1. The number of unbranched alkanes of at least 4 members (excludes halogenated alkanes) is 2. The van der Waals surface area contributed by atoms with Gasteiger partial charge in [-0.15, -0.1) is 0 Å². The van der Waals surface area contributed by atoms with Crippen LogP contribution in [0.25, 0.3) is 10.9 Å². The molecule has 0 saturated heterocycles. The molecule has 2 rings (SSSR count). The van der Waals surface area contributed by atoms with E-state index in [2.05, 4.69) is 20.9 Å². The first kappa shape index (κ1) is 33.7. The van der Waals surface area contributed by atoms with Gasteiger partial charge >= 0.3 is 5.97 Å². The molecule has 11 N–H and O–H groups in total. The van der Waals surface area contributed by atoms with E-state index in [4.69, 9.17) is 17.2 Å². The number of hydrogen-bond donors (Lipinski definition) is 8. The summed E-state index contributed by atoms with van der Waals surface area (Å²) in [6, 6.07) is 3.77. The number of carbonyl (C=O) groups excluding carboxylic acids is 3. The average Bonchev–Trinajstić information content (AvgIpc) is 3.33. The third-order valence-corrected chi connectivity index (χ3v) is 6.93. The number of H-pyrrole nitrogens is 1. The van der Waals surface area contributed by atoms with E-state index >= 15 is 0 Å². The zero-order valence-corrected chi connectivity index (χ0v) is 24.2. The number of carboxylic acid groups (broad SMARTS) is 1. The standard InChI is InChI=1S/C29H47N7O5/c1-18(2)15-25(29(40)41)36-28(39)24(12-6-8-14-31)35-27(38)23(11-5-7-13-30)34-26(37)21(32)16-19-17-33-22-10-4-3-9-20(19)22/h3-4,9-10,17-18,21,23-25,33H,5-8,11-16,30-32H2,1-2H3,(H,34,37)(H,35,38)(H,36,39)(H,40,41). The predicted molar refractivity (Wildman–Crippen MR) is 159 cm³/mol. The predicted octanol–water partition coefficient (Wildman–Crippen LogP) is 0.881. The first-order chi connectivity index (χ1) is 19.6. The molecule has 0 aliphatic carbocycles. The normalized spacial score (nSPS) is 14.3. The molecule has 1 aromatic heterocycles. The lowest BCUT2D eigenvalue weighted by atomic mass is 10.0. The monoisotopic (exact) mass is 573 g/mol. The van der Waals surface area contributed by atoms with E-state index in [9.17, 15) is 24.3 Å². The summed E-state index contributed by atoms with van der Waals surface area (Å²) in [6.07, 6.45) is 5.31. The van der Waals surface area contributed by atoms with Crippen molar-refractivity contribution in [1.29, 1.82) is 0 Å². The number of carbonyl (C=O) groups is 4. The van der Waals surface area contributed by atoms with Crippen LogP contribution >= 0.6 is 0 Å². The molecule has 12 nitrogen and oxygen atoms in total. The molecule has 1 heterocycles. The van der Waals surface area contributed by atoms with Crippen LogP contribution in [-0.4, -0.2) is 71.0 Å². The van der Waals surface area contributed by atoms with E-state index in [1.165, 1.54) is 0 Å². The minimum Gasteiger partial charge on any atom is -0.480 e. The van der Waals surface area contributed by atoms with Gasteiger partial charge in [-0.1, -0.05) is 32.0 Å². The maximum atomic E-state index is 13.4. The molecule has 4 atom stereocenters. The second-order valence-corrected chi connectivity index (χ2v) is 10.9. The van der Waals surface area contributed by atoms with Gasteiger partial charge in [0.2, 0.25) is 17.7 Å². The molecule has 0 saturated carbocycles. The summed E-state index contributed by atoms with van der Waals surface area (Å²) in [5, 5.41) is 18.6.